The number of aromatic nitrogens is 4. The van der Waals surface area contributed by atoms with Crippen molar-refractivity contribution >= 4 is 17.5 Å². The number of hydrogen-bond donors (Lipinski definition) is 3. The average Bonchev–Trinajstić information content (AvgIpc) is 3.40. The molecule has 172 valence electrons. The number of halogens is 3. The molecule has 4 aliphatic rings. The van der Waals surface area contributed by atoms with Gasteiger partial charge < -0.3 is 25.2 Å². The topological polar surface area (TPSA) is 106 Å². The van der Waals surface area contributed by atoms with Crippen LogP contribution in [0.5, 0.6) is 5.88 Å². The highest BCUT2D eigenvalue weighted by Gasteiger charge is 2.41. The molecule has 0 spiro atoms. The number of nitrogens with one attached hydrogen (secondary N) is 2. The highest BCUT2D eigenvalue weighted by atomic mass is 19.4. The summed E-state index contributed by atoms with van der Waals surface area (Å²) in [4.78, 5) is 8.12. The highest BCUT2D eigenvalue weighted by molar-refractivity contribution is 5.66. The molecule has 0 aromatic carbocycles. The van der Waals surface area contributed by atoms with E-state index in [1.165, 1.54) is 0 Å². The number of fused-ring (bicyclic) bond motifs is 4. The van der Waals surface area contributed by atoms with Gasteiger partial charge in [-0.15, -0.1) is 0 Å². The van der Waals surface area contributed by atoms with Crippen molar-refractivity contribution in [1.29, 1.82) is 0 Å². The van der Waals surface area contributed by atoms with Crippen LogP contribution in [-0.2, 0) is 10.9 Å². The first kappa shape index (κ1) is 20.0. The molecule has 12 heteroatoms. The number of nitrogens with zero attached hydrogens (tertiary/aromatic N) is 4. The fraction of sp³-hybridized carbons (Fsp3) is 0.650. The van der Waals surface area contributed by atoms with E-state index in [0.717, 1.165) is 37.6 Å². The van der Waals surface area contributed by atoms with Crippen molar-refractivity contribution in [3.8, 4) is 5.88 Å². The zero-order valence-electron chi connectivity index (χ0n) is 17.1. The van der Waals surface area contributed by atoms with E-state index in [4.69, 9.17) is 14.6 Å². The second-order valence-electron chi connectivity index (χ2n) is 8.93. The van der Waals surface area contributed by atoms with Crippen LogP contribution < -0.4 is 15.4 Å². The van der Waals surface area contributed by atoms with Gasteiger partial charge in [-0.25, -0.2) is 9.67 Å². The normalized spacial score (nSPS) is 29.5. The molecule has 3 N–H and O–H groups in total. The molecule has 2 unspecified atom stereocenters. The summed E-state index contributed by atoms with van der Waals surface area (Å²) in [5, 5.41) is 21.2. The SMILES string of the molecule is O[C@H]1COCC1n1nc(C2CC2)c2c1OCC1CC[C@H]1Nc1nc(ncc1C(F)(F)F)N2. The van der Waals surface area contributed by atoms with Gasteiger partial charge in [0.25, 0.3) is 0 Å². The number of aliphatic hydroxyl groups excluding tert-OH is 1. The van der Waals surface area contributed by atoms with Crippen molar-refractivity contribution in [2.24, 2.45) is 5.92 Å². The van der Waals surface area contributed by atoms with E-state index in [1.807, 2.05) is 0 Å². The minimum absolute atomic E-state index is 0.0259. The van der Waals surface area contributed by atoms with Crippen LogP contribution in [0.4, 0.5) is 30.6 Å². The molecule has 32 heavy (non-hydrogen) atoms. The molecule has 3 fully saturated rings. The van der Waals surface area contributed by atoms with Gasteiger partial charge in [0.1, 0.15) is 29.2 Å². The van der Waals surface area contributed by atoms with Gasteiger partial charge in [-0.1, -0.05) is 0 Å². The standard InChI is InChI=1S/C20H23F3N6O3/c21-20(22,23)11-5-24-19-26-16-15(9-1-2-9)28-29(13-7-31-8-14(13)30)18(16)32-6-10-3-4-12(10)25-17(11)27-19/h5,9-10,12-14,30H,1-4,6-8H2,(H2,24,25,26,27)/t10?,12-,13?,14+/m1/s1. The van der Waals surface area contributed by atoms with Crippen molar-refractivity contribution in [2.45, 2.75) is 56.0 Å². The fourth-order valence-corrected chi connectivity index (χ4v) is 4.52. The van der Waals surface area contributed by atoms with Crippen molar-refractivity contribution in [2.75, 3.05) is 30.5 Å². The predicted molar refractivity (Wildman–Crippen MR) is 106 cm³/mol. The number of rotatable bonds is 2. The second kappa shape index (κ2) is 7.20. The fourth-order valence-electron chi connectivity index (χ4n) is 4.52. The van der Waals surface area contributed by atoms with Gasteiger partial charge in [-0.2, -0.15) is 23.3 Å². The first-order valence-electron chi connectivity index (χ1n) is 10.9. The summed E-state index contributed by atoms with van der Waals surface area (Å²) in [6, 6.07) is -0.581. The Kier molecular flexibility index (Phi) is 4.51. The summed E-state index contributed by atoms with van der Waals surface area (Å²) in [6.07, 6.45) is -1.00. The van der Waals surface area contributed by atoms with Crippen LogP contribution >= 0.6 is 0 Å². The maximum atomic E-state index is 13.5. The van der Waals surface area contributed by atoms with Crippen molar-refractivity contribution in [1.82, 2.24) is 19.7 Å². The molecule has 2 aliphatic carbocycles. The zero-order valence-corrected chi connectivity index (χ0v) is 17.1. The minimum Gasteiger partial charge on any atom is -0.476 e. The largest absolute Gasteiger partial charge is 0.476 e. The molecule has 2 aromatic rings. The number of hydrogen-bond acceptors (Lipinski definition) is 8. The molecule has 2 saturated carbocycles. The van der Waals surface area contributed by atoms with Gasteiger partial charge in [0.05, 0.1) is 25.5 Å². The van der Waals surface area contributed by atoms with Gasteiger partial charge in [-0.3, -0.25) is 0 Å². The third-order valence-corrected chi connectivity index (χ3v) is 6.70. The van der Waals surface area contributed by atoms with Crippen LogP contribution in [0, 0.1) is 5.92 Å². The van der Waals surface area contributed by atoms with E-state index < -0.39 is 23.9 Å². The summed E-state index contributed by atoms with van der Waals surface area (Å²) in [7, 11) is 0. The van der Waals surface area contributed by atoms with Crippen molar-refractivity contribution < 1.29 is 27.8 Å². The van der Waals surface area contributed by atoms with E-state index >= 15 is 0 Å². The maximum absolute atomic E-state index is 13.5. The molecular weight excluding hydrogens is 429 g/mol. The maximum Gasteiger partial charge on any atom is 0.421 e. The Balaban J connectivity index is 1.46. The van der Waals surface area contributed by atoms with Crippen LogP contribution in [0.3, 0.4) is 0 Å². The smallest absolute Gasteiger partial charge is 0.421 e. The van der Waals surface area contributed by atoms with Crippen molar-refractivity contribution in [3.63, 3.8) is 0 Å². The first-order chi connectivity index (χ1) is 15.4. The third-order valence-electron chi connectivity index (χ3n) is 6.70. The Hall–Kier alpha value is -2.60. The van der Waals surface area contributed by atoms with E-state index in [2.05, 4.69) is 20.6 Å². The third kappa shape index (κ3) is 3.36. The van der Waals surface area contributed by atoms with Crippen molar-refractivity contribution in [3.05, 3.63) is 17.5 Å². The zero-order chi connectivity index (χ0) is 22.0. The van der Waals surface area contributed by atoms with E-state index in [9.17, 15) is 18.3 Å². The van der Waals surface area contributed by atoms with Crippen LogP contribution in [0.1, 0.15) is 48.9 Å². The number of anilines is 3. The van der Waals surface area contributed by atoms with Crippen LogP contribution in [0.25, 0.3) is 0 Å². The van der Waals surface area contributed by atoms with E-state index in [-0.39, 0.29) is 36.3 Å². The molecule has 2 bridgehead atoms. The summed E-state index contributed by atoms with van der Waals surface area (Å²) < 4.78 is 54.0. The van der Waals surface area contributed by atoms with Gasteiger partial charge in [0, 0.05) is 24.1 Å². The molecule has 2 aliphatic heterocycles. The quantitative estimate of drug-likeness (QED) is 0.639. The molecular formula is C20H23F3N6O3. The molecule has 4 heterocycles. The monoisotopic (exact) mass is 452 g/mol. The number of alkyl halides is 3. The van der Waals surface area contributed by atoms with Gasteiger partial charge in [0.2, 0.25) is 11.8 Å². The highest BCUT2D eigenvalue weighted by Crippen LogP contribution is 2.48. The molecule has 2 aromatic heterocycles. The van der Waals surface area contributed by atoms with Crippen LogP contribution in [-0.4, -0.2) is 56.8 Å². The Labute approximate surface area is 181 Å². The lowest BCUT2D eigenvalue weighted by atomic mass is 9.80. The average molecular weight is 452 g/mol. The summed E-state index contributed by atoms with van der Waals surface area (Å²) in [5.74, 6) is 0.493. The van der Waals surface area contributed by atoms with Crippen LogP contribution in [0.2, 0.25) is 0 Å². The molecule has 6 rings (SSSR count). The lowest BCUT2D eigenvalue weighted by molar-refractivity contribution is -0.137. The predicted octanol–water partition coefficient (Wildman–Crippen LogP) is 2.83. The van der Waals surface area contributed by atoms with Gasteiger partial charge in [0.15, 0.2) is 0 Å². The lowest BCUT2D eigenvalue weighted by Gasteiger charge is -2.37. The van der Waals surface area contributed by atoms with E-state index in [1.54, 1.807) is 4.68 Å². The first-order valence-corrected chi connectivity index (χ1v) is 10.9. The van der Waals surface area contributed by atoms with Gasteiger partial charge >= 0.3 is 6.18 Å². The number of ether oxygens (including phenoxy) is 2. The Morgan fingerprint density at radius 3 is 2.62 bits per heavy atom. The molecule has 9 nitrogen and oxygen atoms in total. The molecule has 0 amide bonds. The molecule has 4 atom stereocenters. The molecule has 0 radical (unpaired) electrons. The molecule has 1 saturated heterocycles. The second-order valence-corrected chi connectivity index (χ2v) is 8.93. The Bertz CT molecular complexity index is 1040. The number of aliphatic hydroxyl groups is 1. The summed E-state index contributed by atoms with van der Waals surface area (Å²) >= 11 is 0. The Morgan fingerprint density at radius 1 is 1.12 bits per heavy atom. The van der Waals surface area contributed by atoms with E-state index in [0.29, 0.717) is 24.8 Å². The summed E-state index contributed by atoms with van der Waals surface area (Å²) in [5.41, 5.74) is 0.412. The minimum atomic E-state index is -4.56. The summed E-state index contributed by atoms with van der Waals surface area (Å²) in [6.45, 7) is 0.833. The lowest BCUT2D eigenvalue weighted by Crippen LogP contribution is -2.42. The van der Waals surface area contributed by atoms with Gasteiger partial charge in [-0.05, 0) is 25.7 Å². The Morgan fingerprint density at radius 2 is 1.97 bits per heavy atom. The van der Waals surface area contributed by atoms with Crippen LogP contribution in [0.15, 0.2) is 6.20 Å².